The smallest absolute Gasteiger partial charge is 0.220 e. The lowest BCUT2D eigenvalue weighted by atomic mass is 9.99. The second-order valence-corrected chi connectivity index (χ2v) is 17.3. The molecule has 0 spiro atoms. The standard InChI is InChI=1S/C47H93NO8/c1-3-5-7-9-11-13-15-16-17-18-19-20-21-22-23-24-25-26-27-29-31-33-35-37-43(51)48-40(39-55-47-46(54)45(53)44(52)42(38-49)56-47)41(50)36-34-32-30-28-14-12-10-8-6-4-2/h40-42,44-47,49-50,52-54H,3-39H2,1-2H3,(H,48,51)/t40-,41+,42+,44-,45?,46?,47+/m0/s1. The average molecular weight is 800 g/mol. The van der Waals surface area contributed by atoms with Crippen molar-refractivity contribution in [1.82, 2.24) is 5.32 Å². The van der Waals surface area contributed by atoms with Crippen LogP contribution in [0.15, 0.2) is 0 Å². The summed E-state index contributed by atoms with van der Waals surface area (Å²) in [6, 6.07) is -0.710. The highest BCUT2D eigenvalue weighted by Gasteiger charge is 2.44. The van der Waals surface area contributed by atoms with E-state index in [4.69, 9.17) is 9.47 Å². The Morgan fingerprint density at radius 1 is 0.536 bits per heavy atom. The molecule has 0 radical (unpaired) electrons. The van der Waals surface area contributed by atoms with E-state index >= 15 is 0 Å². The highest BCUT2D eigenvalue weighted by molar-refractivity contribution is 5.76. The summed E-state index contributed by atoms with van der Waals surface area (Å²) in [7, 11) is 0. The summed E-state index contributed by atoms with van der Waals surface area (Å²) in [5.41, 5.74) is 0. The first-order valence-corrected chi connectivity index (χ1v) is 24.2. The van der Waals surface area contributed by atoms with E-state index in [1.165, 1.54) is 173 Å². The first kappa shape index (κ1) is 53.2. The Balaban J connectivity index is 2.20. The third kappa shape index (κ3) is 28.6. The largest absolute Gasteiger partial charge is 0.394 e. The van der Waals surface area contributed by atoms with Gasteiger partial charge in [0.05, 0.1) is 25.4 Å². The molecule has 9 nitrogen and oxygen atoms in total. The van der Waals surface area contributed by atoms with Crippen molar-refractivity contribution < 1.29 is 39.8 Å². The lowest BCUT2D eigenvalue weighted by molar-refractivity contribution is -0.302. The van der Waals surface area contributed by atoms with Crippen molar-refractivity contribution in [3.63, 3.8) is 0 Å². The SMILES string of the molecule is CCCCCCCCCCCCCCCCCCCCCCCCCC(=O)N[C@@H](CO[C@@H]1O[C@H](CO)[C@H](O)C(O)C1O)[C@H](O)CCCCCCCCCCCC. The van der Waals surface area contributed by atoms with Crippen LogP contribution >= 0.6 is 0 Å². The van der Waals surface area contributed by atoms with Crippen LogP contribution in [0.3, 0.4) is 0 Å². The summed E-state index contributed by atoms with van der Waals surface area (Å²) in [4.78, 5) is 13.0. The minimum Gasteiger partial charge on any atom is -0.394 e. The molecule has 0 aromatic heterocycles. The zero-order chi connectivity index (χ0) is 40.9. The summed E-state index contributed by atoms with van der Waals surface area (Å²) in [5.74, 6) is -0.141. The van der Waals surface area contributed by atoms with Crippen LogP contribution in [0.2, 0.25) is 0 Å². The number of hydrogen-bond acceptors (Lipinski definition) is 8. The Kier molecular flexibility index (Phi) is 36.5. The van der Waals surface area contributed by atoms with Gasteiger partial charge in [-0.2, -0.15) is 0 Å². The molecule has 6 N–H and O–H groups in total. The molecule has 1 amide bonds. The third-order valence-electron chi connectivity index (χ3n) is 12.0. The maximum absolute atomic E-state index is 13.0. The van der Waals surface area contributed by atoms with Gasteiger partial charge in [-0.15, -0.1) is 0 Å². The fourth-order valence-corrected chi connectivity index (χ4v) is 8.04. The van der Waals surface area contributed by atoms with Gasteiger partial charge in [-0.3, -0.25) is 4.79 Å². The predicted octanol–water partition coefficient (Wildman–Crippen LogP) is 10.3. The van der Waals surface area contributed by atoms with Gasteiger partial charge < -0.3 is 40.3 Å². The molecule has 334 valence electrons. The number of nitrogens with one attached hydrogen (secondary N) is 1. The van der Waals surface area contributed by atoms with E-state index in [2.05, 4.69) is 19.2 Å². The van der Waals surface area contributed by atoms with Crippen molar-refractivity contribution in [2.24, 2.45) is 0 Å². The van der Waals surface area contributed by atoms with E-state index < -0.39 is 49.5 Å². The van der Waals surface area contributed by atoms with Crippen LogP contribution in [0.5, 0.6) is 0 Å². The normalized spacial score (nSPS) is 21.0. The number of amides is 1. The van der Waals surface area contributed by atoms with Gasteiger partial charge in [-0.05, 0) is 12.8 Å². The minimum atomic E-state index is -1.55. The number of rotatable bonds is 41. The molecule has 2 unspecified atom stereocenters. The van der Waals surface area contributed by atoms with Crippen molar-refractivity contribution in [3.8, 4) is 0 Å². The van der Waals surface area contributed by atoms with Gasteiger partial charge in [-0.1, -0.05) is 219 Å². The molecule has 0 aliphatic carbocycles. The summed E-state index contributed by atoms with van der Waals surface area (Å²) in [6.07, 6.45) is 35.6. The van der Waals surface area contributed by atoms with Crippen LogP contribution < -0.4 is 5.32 Å². The van der Waals surface area contributed by atoms with Crippen molar-refractivity contribution in [3.05, 3.63) is 0 Å². The van der Waals surface area contributed by atoms with Crippen molar-refractivity contribution in [2.75, 3.05) is 13.2 Å². The van der Waals surface area contributed by atoms with E-state index in [1.807, 2.05) is 0 Å². The van der Waals surface area contributed by atoms with Crippen LogP contribution in [0.1, 0.15) is 239 Å². The Bertz CT molecular complexity index is 847. The van der Waals surface area contributed by atoms with Crippen LogP contribution in [0, 0.1) is 0 Å². The quantitative estimate of drug-likeness (QED) is 0.0335. The van der Waals surface area contributed by atoms with Crippen LogP contribution in [0.4, 0.5) is 0 Å². The number of carbonyl (C=O) groups excluding carboxylic acids is 1. The fourth-order valence-electron chi connectivity index (χ4n) is 8.04. The van der Waals surface area contributed by atoms with E-state index in [1.54, 1.807) is 0 Å². The highest BCUT2D eigenvalue weighted by atomic mass is 16.7. The molecular formula is C47H93NO8. The van der Waals surface area contributed by atoms with E-state index in [0.717, 1.165) is 38.5 Å². The van der Waals surface area contributed by atoms with Gasteiger partial charge in [0.1, 0.15) is 24.4 Å². The molecule has 1 saturated heterocycles. The Morgan fingerprint density at radius 2 is 0.893 bits per heavy atom. The summed E-state index contributed by atoms with van der Waals surface area (Å²) < 4.78 is 11.2. The van der Waals surface area contributed by atoms with E-state index in [9.17, 15) is 30.3 Å². The number of ether oxygens (including phenoxy) is 2. The molecule has 7 atom stereocenters. The van der Waals surface area contributed by atoms with Gasteiger partial charge in [0.2, 0.25) is 5.91 Å². The molecule has 1 aliphatic heterocycles. The molecule has 1 rings (SSSR count). The Hall–Kier alpha value is -0.810. The molecule has 9 heteroatoms. The molecule has 1 heterocycles. The maximum Gasteiger partial charge on any atom is 0.220 e. The van der Waals surface area contributed by atoms with Gasteiger partial charge in [0.25, 0.3) is 0 Å². The average Bonchev–Trinajstić information content (AvgIpc) is 3.20. The van der Waals surface area contributed by atoms with E-state index in [-0.39, 0.29) is 12.5 Å². The second-order valence-electron chi connectivity index (χ2n) is 17.3. The molecule has 56 heavy (non-hydrogen) atoms. The highest BCUT2D eigenvalue weighted by Crippen LogP contribution is 2.23. The van der Waals surface area contributed by atoms with Crippen LogP contribution in [-0.4, -0.2) is 87.5 Å². The number of carbonyl (C=O) groups is 1. The molecule has 1 fully saturated rings. The zero-order valence-corrected chi connectivity index (χ0v) is 36.7. The zero-order valence-electron chi connectivity index (χ0n) is 36.7. The van der Waals surface area contributed by atoms with Gasteiger partial charge in [-0.25, -0.2) is 0 Å². The number of aliphatic hydroxyl groups is 5. The van der Waals surface area contributed by atoms with Crippen molar-refractivity contribution >= 4 is 5.91 Å². The minimum absolute atomic E-state index is 0.132. The van der Waals surface area contributed by atoms with Gasteiger partial charge >= 0.3 is 0 Å². The van der Waals surface area contributed by atoms with Crippen LogP contribution in [-0.2, 0) is 14.3 Å². The predicted molar refractivity (Wildman–Crippen MR) is 231 cm³/mol. The molecular weight excluding hydrogens is 707 g/mol. The third-order valence-corrected chi connectivity index (χ3v) is 12.0. The topological polar surface area (TPSA) is 149 Å². The summed E-state index contributed by atoms with van der Waals surface area (Å²) in [5, 5.41) is 54.3. The molecule has 1 aliphatic rings. The molecule has 0 aromatic carbocycles. The van der Waals surface area contributed by atoms with Gasteiger partial charge in [0, 0.05) is 6.42 Å². The maximum atomic E-state index is 13.0. The van der Waals surface area contributed by atoms with Crippen LogP contribution in [0.25, 0.3) is 0 Å². The molecule has 0 aromatic rings. The number of unbranched alkanes of at least 4 members (excludes halogenated alkanes) is 31. The van der Waals surface area contributed by atoms with Crippen molar-refractivity contribution in [2.45, 2.75) is 281 Å². The summed E-state index contributed by atoms with van der Waals surface area (Å²) >= 11 is 0. The van der Waals surface area contributed by atoms with Gasteiger partial charge in [0.15, 0.2) is 6.29 Å². The Morgan fingerprint density at radius 3 is 1.27 bits per heavy atom. The van der Waals surface area contributed by atoms with E-state index in [0.29, 0.717) is 12.8 Å². The first-order chi connectivity index (χ1) is 27.3. The second kappa shape index (κ2) is 38.4. The number of hydrogen-bond donors (Lipinski definition) is 6. The monoisotopic (exact) mass is 800 g/mol. The lowest BCUT2D eigenvalue weighted by Gasteiger charge is -2.40. The summed E-state index contributed by atoms with van der Waals surface area (Å²) in [6.45, 7) is 3.84. The fraction of sp³-hybridized carbons (Fsp3) is 0.979. The number of aliphatic hydroxyl groups excluding tert-OH is 5. The lowest BCUT2D eigenvalue weighted by Crippen LogP contribution is -2.60. The van der Waals surface area contributed by atoms with Crippen molar-refractivity contribution in [1.29, 1.82) is 0 Å². The molecule has 0 bridgehead atoms. The first-order valence-electron chi connectivity index (χ1n) is 24.2. The Labute approximate surface area is 344 Å². The molecule has 0 saturated carbocycles.